The first-order chi connectivity index (χ1) is 11.6. The summed E-state index contributed by atoms with van der Waals surface area (Å²) in [5, 5.41) is 3.45. The molecule has 5 nitrogen and oxygen atoms in total. The number of carbonyl (C=O) groups excluding carboxylic acids is 2. The van der Waals surface area contributed by atoms with Crippen LogP contribution in [0.15, 0.2) is 30.3 Å². The van der Waals surface area contributed by atoms with Gasteiger partial charge in [0, 0.05) is 23.4 Å². The molecule has 1 N–H and O–H groups in total. The van der Waals surface area contributed by atoms with Crippen molar-refractivity contribution in [2.45, 2.75) is 31.1 Å². The van der Waals surface area contributed by atoms with E-state index in [0.717, 1.165) is 17.0 Å². The Morgan fingerprint density at radius 2 is 2.12 bits per heavy atom. The monoisotopic (exact) mass is 407 g/mol. The van der Waals surface area contributed by atoms with Crippen molar-refractivity contribution in [2.24, 2.45) is 0 Å². The molecular weight excluding hydrogens is 390 g/mol. The van der Waals surface area contributed by atoms with Crippen LogP contribution in [-0.2, 0) is 17.8 Å². The van der Waals surface area contributed by atoms with Gasteiger partial charge in [-0.25, -0.2) is 4.98 Å². The third-order valence-electron chi connectivity index (χ3n) is 3.91. The number of aromatic nitrogens is 1. The molecule has 0 saturated carbocycles. The average molecular weight is 408 g/mol. The minimum absolute atomic E-state index is 0.0340. The van der Waals surface area contributed by atoms with Crippen LogP contribution in [0.4, 0.5) is 5.13 Å². The zero-order chi connectivity index (χ0) is 17.1. The van der Waals surface area contributed by atoms with Crippen molar-refractivity contribution in [3.63, 3.8) is 0 Å². The second-order valence-electron chi connectivity index (χ2n) is 5.60. The van der Waals surface area contributed by atoms with Crippen LogP contribution < -0.4 is 5.32 Å². The highest BCUT2D eigenvalue weighted by molar-refractivity contribution is 9.10. The number of benzene rings is 1. The summed E-state index contributed by atoms with van der Waals surface area (Å²) in [6.45, 7) is 3.13. The van der Waals surface area contributed by atoms with Gasteiger partial charge in [-0.2, -0.15) is 0 Å². The van der Waals surface area contributed by atoms with Crippen LogP contribution in [0.3, 0.4) is 0 Å². The van der Waals surface area contributed by atoms with Gasteiger partial charge in [-0.05, 0) is 18.6 Å². The van der Waals surface area contributed by atoms with Gasteiger partial charge in [0.15, 0.2) is 5.13 Å². The normalized spacial score (nSPS) is 14.8. The summed E-state index contributed by atoms with van der Waals surface area (Å²) >= 11 is 4.79. The highest BCUT2D eigenvalue weighted by atomic mass is 79.9. The topological polar surface area (TPSA) is 62.3 Å². The van der Waals surface area contributed by atoms with Crippen molar-refractivity contribution in [1.82, 2.24) is 9.88 Å². The molecule has 126 valence electrons. The summed E-state index contributed by atoms with van der Waals surface area (Å²) in [5.74, 6) is -0.0486. The second kappa shape index (κ2) is 7.44. The fourth-order valence-corrected chi connectivity index (χ4v) is 3.70. The van der Waals surface area contributed by atoms with E-state index in [1.54, 1.807) is 0 Å². The summed E-state index contributed by atoms with van der Waals surface area (Å²) in [4.78, 5) is 31.7. The first kappa shape index (κ1) is 17.1. The smallest absolute Gasteiger partial charge is 0.254 e. The van der Waals surface area contributed by atoms with E-state index >= 15 is 0 Å². The number of nitrogens with one attached hydrogen (secondary N) is 1. The van der Waals surface area contributed by atoms with Gasteiger partial charge in [0.05, 0.1) is 17.1 Å². The van der Waals surface area contributed by atoms with E-state index in [1.165, 1.54) is 11.3 Å². The van der Waals surface area contributed by atoms with E-state index in [9.17, 15) is 9.59 Å². The number of thiazole rings is 1. The molecule has 1 unspecified atom stereocenters. The Bertz CT molecular complexity index is 748. The predicted molar refractivity (Wildman–Crippen MR) is 98.6 cm³/mol. The van der Waals surface area contributed by atoms with Gasteiger partial charge >= 0.3 is 0 Å². The molecule has 2 aromatic rings. The Morgan fingerprint density at radius 3 is 2.83 bits per heavy atom. The van der Waals surface area contributed by atoms with Gasteiger partial charge in [-0.1, -0.05) is 52.4 Å². The number of nitrogens with zero attached hydrogens (tertiary/aromatic N) is 2. The lowest BCUT2D eigenvalue weighted by Crippen LogP contribution is -2.35. The van der Waals surface area contributed by atoms with Crippen LogP contribution in [0.1, 0.15) is 34.3 Å². The number of fused-ring (bicyclic) bond motifs is 1. The fourth-order valence-electron chi connectivity index (χ4n) is 2.55. The van der Waals surface area contributed by atoms with E-state index in [1.807, 2.05) is 42.2 Å². The number of rotatable bonds is 4. The van der Waals surface area contributed by atoms with Crippen LogP contribution in [-0.4, -0.2) is 33.1 Å². The SMILES string of the molecule is CCC(Br)C(=O)Nc1nc2c(s1)CN(C(=O)c1ccccc1)CC2. The minimum atomic E-state index is -0.213. The van der Waals surface area contributed by atoms with Gasteiger partial charge in [0.25, 0.3) is 5.91 Å². The quantitative estimate of drug-likeness (QED) is 0.789. The third kappa shape index (κ3) is 3.67. The van der Waals surface area contributed by atoms with Crippen molar-refractivity contribution < 1.29 is 9.59 Å². The summed E-state index contributed by atoms with van der Waals surface area (Å²) in [6, 6.07) is 9.30. The Morgan fingerprint density at radius 1 is 1.38 bits per heavy atom. The zero-order valence-electron chi connectivity index (χ0n) is 13.3. The average Bonchev–Trinajstić information content (AvgIpc) is 3.02. The molecule has 2 heterocycles. The van der Waals surface area contributed by atoms with Crippen LogP contribution in [0.5, 0.6) is 0 Å². The van der Waals surface area contributed by atoms with E-state index in [4.69, 9.17) is 0 Å². The highest BCUT2D eigenvalue weighted by Crippen LogP contribution is 2.29. The van der Waals surface area contributed by atoms with Crippen molar-refractivity contribution in [3.05, 3.63) is 46.5 Å². The fraction of sp³-hybridized carbons (Fsp3) is 0.353. The molecule has 1 aliphatic heterocycles. The lowest BCUT2D eigenvalue weighted by atomic mass is 10.1. The van der Waals surface area contributed by atoms with Gasteiger partial charge in [0.1, 0.15) is 0 Å². The van der Waals surface area contributed by atoms with E-state index in [2.05, 4.69) is 26.2 Å². The molecule has 2 amide bonds. The first-order valence-electron chi connectivity index (χ1n) is 7.86. The number of anilines is 1. The van der Waals surface area contributed by atoms with Gasteiger partial charge in [-0.3, -0.25) is 9.59 Å². The Kier molecular flexibility index (Phi) is 5.30. The zero-order valence-corrected chi connectivity index (χ0v) is 15.7. The maximum Gasteiger partial charge on any atom is 0.254 e. The summed E-state index contributed by atoms with van der Waals surface area (Å²) in [5.41, 5.74) is 1.68. The molecule has 0 spiro atoms. The van der Waals surface area contributed by atoms with Crippen molar-refractivity contribution in [3.8, 4) is 0 Å². The van der Waals surface area contributed by atoms with Crippen molar-refractivity contribution >= 4 is 44.2 Å². The minimum Gasteiger partial charge on any atom is -0.333 e. The lowest BCUT2D eigenvalue weighted by molar-refractivity contribution is -0.115. The van der Waals surface area contributed by atoms with E-state index in [-0.39, 0.29) is 16.6 Å². The maximum absolute atomic E-state index is 12.6. The van der Waals surface area contributed by atoms with Gasteiger partial charge in [-0.15, -0.1) is 0 Å². The van der Waals surface area contributed by atoms with Crippen LogP contribution >= 0.6 is 27.3 Å². The summed E-state index contributed by atoms with van der Waals surface area (Å²) < 4.78 is 0. The summed E-state index contributed by atoms with van der Waals surface area (Å²) in [6.07, 6.45) is 1.43. The van der Waals surface area contributed by atoms with Crippen molar-refractivity contribution in [2.75, 3.05) is 11.9 Å². The maximum atomic E-state index is 12.6. The number of hydrogen-bond donors (Lipinski definition) is 1. The second-order valence-corrected chi connectivity index (χ2v) is 7.79. The molecule has 0 radical (unpaired) electrons. The number of halogens is 1. The predicted octanol–water partition coefficient (Wildman–Crippen LogP) is 3.45. The molecule has 3 rings (SSSR count). The number of alkyl halides is 1. The molecule has 1 aromatic heterocycles. The van der Waals surface area contributed by atoms with Gasteiger partial charge < -0.3 is 10.2 Å². The standard InChI is InChI=1S/C17H18BrN3O2S/c1-2-12(18)15(22)20-17-19-13-8-9-21(10-14(13)24-17)16(23)11-6-4-3-5-7-11/h3-7,12H,2,8-10H2,1H3,(H,19,20,22). The highest BCUT2D eigenvalue weighted by Gasteiger charge is 2.25. The molecule has 0 aliphatic carbocycles. The van der Waals surface area contributed by atoms with Crippen LogP contribution in [0.2, 0.25) is 0 Å². The molecule has 0 fully saturated rings. The molecule has 0 saturated heterocycles. The molecular formula is C17H18BrN3O2S. The van der Waals surface area contributed by atoms with Gasteiger partial charge in [0.2, 0.25) is 5.91 Å². The van der Waals surface area contributed by atoms with E-state index < -0.39 is 0 Å². The molecule has 7 heteroatoms. The largest absolute Gasteiger partial charge is 0.333 e. The molecule has 24 heavy (non-hydrogen) atoms. The number of hydrogen-bond acceptors (Lipinski definition) is 4. The molecule has 1 atom stereocenters. The molecule has 1 aromatic carbocycles. The Hall–Kier alpha value is -1.73. The first-order valence-corrected chi connectivity index (χ1v) is 9.59. The van der Waals surface area contributed by atoms with Crippen LogP contribution in [0.25, 0.3) is 0 Å². The van der Waals surface area contributed by atoms with E-state index in [0.29, 0.717) is 30.2 Å². The Labute approximate surface area is 153 Å². The third-order valence-corrected chi connectivity index (χ3v) is 5.97. The van der Waals surface area contributed by atoms with Crippen LogP contribution in [0, 0.1) is 0 Å². The number of amides is 2. The molecule has 0 bridgehead atoms. The molecule has 1 aliphatic rings. The lowest BCUT2D eigenvalue weighted by Gasteiger charge is -2.26. The summed E-state index contributed by atoms with van der Waals surface area (Å²) in [7, 11) is 0. The Balaban J connectivity index is 1.70. The number of carbonyl (C=O) groups is 2. The van der Waals surface area contributed by atoms with Crippen molar-refractivity contribution in [1.29, 1.82) is 0 Å².